The highest BCUT2D eigenvalue weighted by atomic mass is 15.1. The fourth-order valence-corrected chi connectivity index (χ4v) is 7.29. The molecule has 9 aromatic carbocycles. The van der Waals surface area contributed by atoms with Gasteiger partial charge in [-0.25, -0.2) is 0 Å². The minimum Gasteiger partial charge on any atom is -0.310 e. The Hall–Kier alpha value is -6.70. The fourth-order valence-electron chi connectivity index (χ4n) is 7.29. The van der Waals surface area contributed by atoms with E-state index in [2.05, 4.69) is 217 Å². The van der Waals surface area contributed by atoms with E-state index < -0.39 is 0 Å². The molecule has 1 heteroatoms. The van der Waals surface area contributed by atoms with Crippen molar-refractivity contribution in [2.24, 2.45) is 0 Å². The van der Waals surface area contributed by atoms with Gasteiger partial charge in [-0.2, -0.15) is 0 Å². The third kappa shape index (κ3) is 5.96. The Kier molecular flexibility index (Phi) is 7.92. The summed E-state index contributed by atoms with van der Waals surface area (Å²) in [5.74, 6) is 0. The van der Waals surface area contributed by atoms with Crippen LogP contribution < -0.4 is 4.90 Å². The van der Waals surface area contributed by atoms with Crippen LogP contribution in [-0.2, 0) is 0 Å². The zero-order chi connectivity index (χ0) is 34.0. The van der Waals surface area contributed by atoms with E-state index in [0.29, 0.717) is 0 Å². The summed E-state index contributed by atoms with van der Waals surface area (Å²) in [6.07, 6.45) is 0. The Morgan fingerprint density at radius 2 is 0.725 bits per heavy atom. The number of fused-ring (bicyclic) bond motifs is 2. The number of benzene rings is 9. The van der Waals surface area contributed by atoms with Crippen LogP contribution in [0.25, 0.3) is 66.1 Å². The highest BCUT2D eigenvalue weighted by Gasteiger charge is 2.17. The lowest BCUT2D eigenvalue weighted by Crippen LogP contribution is -2.10. The van der Waals surface area contributed by atoms with Crippen LogP contribution in [0.2, 0.25) is 0 Å². The molecule has 9 rings (SSSR count). The van der Waals surface area contributed by atoms with Crippen LogP contribution in [0.3, 0.4) is 0 Å². The van der Waals surface area contributed by atoms with Gasteiger partial charge in [-0.05, 0) is 97.1 Å². The maximum Gasteiger partial charge on any atom is 0.0540 e. The van der Waals surface area contributed by atoms with Crippen molar-refractivity contribution in [2.75, 3.05) is 4.90 Å². The topological polar surface area (TPSA) is 3.24 Å². The highest BCUT2D eigenvalue weighted by Crippen LogP contribution is 2.41. The van der Waals surface area contributed by atoms with E-state index in [1.807, 2.05) is 0 Å². The summed E-state index contributed by atoms with van der Waals surface area (Å²) < 4.78 is 0. The van der Waals surface area contributed by atoms with Gasteiger partial charge in [0.2, 0.25) is 0 Å². The normalized spacial score (nSPS) is 11.1. The van der Waals surface area contributed by atoms with Gasteiger partial charge in [0, 0.05) is 16.8 Å². The monoisotopic (exact) mass is 649 g/mol. The zero-order valence-corrected chi connectivity index (χ0v) is 28.2. The largest absolute Gasteiger partial charge is 0.310 e. The summed E-state index contributed by atoms with van der Waals surface area (Å²) in [5, 5.41) is 4.95. The van der Waals surface area contributed by atoms with Gasteiger partial charge in [0.15, 0.2) is 0 Å². The molecule has 0 bridgehead atoms. The lowest BCUT2D eigenvalue weighted by molar-refractivity contribution is 1.30. The molecule has 0 heterocycles. The molecule has 0 saturated carbocycles. The molecule has 0 N–H and O–H groups in total. The standard InChI is InChI=1S/C50H35N/c1-2-12-36(13-3-1)37-26-28-38(29-27-37)39-30-32-45(33-31-39)51(50-25-11-17-41-15-5-7-23-49(41)50)46-21-9-19-43(35-46)42-18-8-20-44(34-42)48-24-10-16-40-14-4-6-22-47(40)48/h1-35H. The molecule has 0 aliphatic carbocycles. The zero-order valence-electron chi connectivity index (χ0n) is 28.2. The van der Waals surface area contributed by atoms with Gasteiger partial charge in [0.25, 0.3) is 0 Å². The van der Waals surface area contributed by atoms with Crippen LogP contribution in [0.4, 0.5) is 17.1 Å². The number of nitrogens with zero attached hydrogens (tertiary/aromatic N) is 1. The van der Waals surface area contributed by atoms with Crippen LogP contribution in [0, 0.1) is 0 Å². The Morgan fingerprint density at radius 3 is 1.45 bits per heavy atom. The van der Waals surface area contributed by atoms with Crippen molar-refractivity contribution in [1.29, 1.82) is 0 Å². The molecule has 0 aliphatic rings. The van der Waals surface area contributed by atoms with Crippen LogP contribution in [0.1, 0.15) is 0 Å². The second kappa shape index (κ2) is 13.3. The Bertz CT molecular complexity index is 2610. The van der Waals surface area contributed by atoms with Crippen LogP contribution in [-0.4, -0.2) is 0 Å². The molecule has 0 aliphatic heterocycles. The number of hydrogen-bond acceptors (Lipinski definition) is 1. The molecule has 240 valence electrons. The average Bonchev–Trinajstić information content (AvgIpc) is 3.22. The lowest BCUT2D eigenvalue weighted by atomic mass is 9.95. The minimum atomic E-state index is 1.11. The second-order valence-corrected chi connectivity index (χ2v) is 13.0. The summed E-state index contributed by atoms with van der Waals surface area (Å²) in [6, 6.07) is 76.6. The molecule has 9 aromatic rings. The van der Waals surface area contributed by atoms with Crippen molar-refractivity contribution < 1.29 is 0 Å². The quantitative estimate of drug-likeness (QED) is 0.166. The van der Waals surface area contributed by atoms with E-state index in [1.54, 1.807) is 0 Å². The van der Waals surface area contributed by atoms with E-state index in [9.17, 15) is 0 Å². The van der Waals surface area contributed by atoms with Crippen molar-refractivity contribution in [3.05, 3.63) is 212 Å². The predicted molar refractivity (Wildman–Crippen MR) is 218 cm³/mol. The first-order chi connectivity index (χ1) is 25.3. The predicted octanol–water partition coefficient (Wildman–Crippen LogP) is 14.1. The first-order valence-corrected chi connectivity index (χ1v) is 17.5. The molecule has 0 saturated heterocycles. The number of hydrogen-bond donors (Lipinski definition) is 0. The van der Waals surface area contributed by atoms with Crippen LogP contribution in [0.15, 0.2) is 212 Å². The van der Waals surface area contributed by atoms with Gasteiger partial charge in [-0.1, -0.05) is 176 Å². The van der Waals surface area contributed by atoms with Crippen LogP contribution >= 0.6 is 0 Å². The van der Waals surface area contributed by atoms with E-state index in [1.165, 1.54) is 66.1 Å². The third-order valence-corrected chi connectivity index (χ3v) is 9.86. The lowest BCUT2D eigenvalue weighted by Gasteiger charge is -2.27. The Morgan fingerprint density at radius 1 is 0.255 bits per heavy atom. The summed E-state index contributed by atoms with van der Waals surface area (Å²) in [6.45, 7) is 0. The summed E-state index contributed by atoms with van der Waals surface area (Å²) in [4.78, 5) is 2.39. The summed E-state index contributed by atoms with van der Waals surface area (Å²) in [5.41, 5.74) is 13.0. The molecule has 0 atom stereocenters. The Balaban J connectivity index is 1.11. The molecule has 0 spiro atoms. The average molecular weight is 650 g/mol. The highest BCUT2D eigenvalue weighted by molar-refractivity contribution is 6.00. The molecule has 0 radical (unpaired) electrons. The van der Waals surface area contributed by atoms with Crippen molar-refractivity contribution in [2.45, 2.75) is 0 Å². The van der Waals surface area contributed by atoms with Crippen molar-refractivity contribution in [3.8, 4) is 44.5 Å². The van der Waals surface area contributed by atoms with E-state index in [4.69, 9.17) is 0 Å². The third-order valence-electron chi connectivity index (χ3n) is 9.86. The summed E-state index contributed by atoms with van der Waals surface area (Å²) in [7, 11) is 0. The SMILES string of the molecule is c1ccc(-c2ccc(-c3ccc(N(c4cccc(-c5cccc(-c6cccc7ccccc67)c5)c4)c4cccc5ccccc45)cc3)cc2)cc1. The minimum absolute atomic E-state index is 1.11. The molecule has 0 fully saturated rings. The number of rotatable bonds is 7. The van der Waals surface area contributed by atoms with Crippen molar-refractivity contribution >= 4 is 38.6 Å². The van der Waals surface area contributed by atoms with Gasteiger partial charge in [0.05, 0.1) is 5.69 Å². The first kappa shape index (κ1) is 30.4. The molecular formula is C50H35N. The second-order valence-electron chi connectivity index (χ2n) is 13.0. The van der Waals surface area contributed by atoms with E-state index >= 15 is 0 Å². The molecule has 1 nitrogen and oxygen atoms in total. The van der Waals surface area contributed by atoms with Gasteiger partial charge in [-0.3, -0.25) is 0 Å². The van der Waals surface area contributed by atoms with Gasteiger partial charge < -0.3 is 4.90 Å². The molecule has 0 aromatic heterocycles. The fraction of sp³-hybridized carbons (Fsp3) is 0. The van der Waals surface area contributed by atoms with Gasteiger partial charge in [-0.15, -0.1) is 0 Å². The van der Waals surface area contributed by atoms with Gasteiger partial charge in [0.1, 0.15) is 0 Å². The van der Waals surface area contributed by atoms with Gasteiger partial charge >= 0.3 is 0 Å². The Labute approximate surface area is 299 Å². The van der Waals surface area contributed by atoms with Crippen molar-refractivity contribution in [3.63, 3.8) is 0 Å². The van der Waals surface area contributed by atoms with E-state index in [0.717, 1.165) is 17.1 Å². The maximum atomic E-state index is 2.39. The smallest absolute Gasteiger partial charge is 0.0540 e. The molecule has 0 unspecified atom stereocenters. The maximum absolute atomic E-state index is 2.39. The molecule has 0 amide bonds. The molecule has 51 heavy (non-hydrogen) atoms. The summed E-state index contributed by atoms with van der Waals surface area (Å²) >= 11 is 0. The van der Waals surface area contributed by atoms with E-state index in [-0.39, 0.29) is 0 Å². The van der Waals surface area contributed by atoms with Crippen LogP contribution in [0.5, 0.6) is 0 Å². The van der Waals surface area contributed by atoms with Crippen molar-refractivity contribution in [1.82, 2.24) is 0 Å². The first-order valence-electron chi connectivity index (χ1n) is 17.5. The molecular weight excluding hydrogens is 615 g/mol. The number of anilines is 3.